The van der Waals surface area contributed by atoms with Crippen molar-refractivity contribution in [1.29, 1.82) is 0 Å². The molecule has 3 fully saturated rings. The topological polar surface area (TPSA) is 101 Å². The van der Waals surface area contributed by atoms with Crippen LogP contribution in [0.3, 0.4) is 0 Å². The summed E-state index contributed by atoms with van der Waals surface area (Å²) in [7, 11) is 0. The molecule has 3 aliphatic rings. The van der Waals surface area contributed by atoms with Crippen molar-refractivity contribution in [3.8, 4) is 0 Å². The van der Waals surface area contributed by atoms with Gasteiger partial charge in [0.1, 0.15) is 37.0 Å². The Morgan fingerprint density at radius 1 is 1.00 bits per heavy atom. The van der Waals surface area contributed by atoms with E-state index in [2.05, 4.69) is 0 Å². The van der Waals surface area contributed by atoms with Gasteiger partial charge in [-0.25, -0.2) is 0 Å². The van der Waals surface area contributed by atoms with Crippen molar-refractivity contribution in [2.24, 2.45) is 17.3 Å². The summed E-state index contributed by atoms with van der Waals surface area (Å²) in [5.74, 6) is -0.664. The van der Waals surface area contributed by atoms with Crippen LogP contribution < -0.4 is 0 Å². The Labute approximate surface area is 146 Å². The van der Waals surface area contributed by atoms with E-state index in [4.69, 9.17) is 23.7 Å². The fourth-order valence-electron chi connectivity index (χ4n) is 3.25. The maximum Gasteiger partial charge on any atom is 0.184 e. The number of carbonyl (C=O) groups excluding carboxylic acids is 2. The Morgan fingerprint density at radius 3 is 2.28 bits per heavy atom. The molecule has 0 amide bonds. The Kier molecular flexibility index (Phi) is 5.30. The number of hydrogen-bond acceptors (Lipinski definition) is 8. The molecule has 1 N–H and O–H groups in total. The average Bonchev–Trinajstić information content (AvgIpc) is 3.06. The summed E-state index contributed by atoms with van der Waals surface area (Å²) in [4.78, 5) is 22.3. The van der Waals surface area contributed by atoms with Gasteiger partial charge in [-0.05, 0) is 0 Å². The van der Waals surface area contributed by atoms with Crippen LogP contribution in [0.5, 0.6) is 0 Å². The van der Waals surface area contributed by atoms with E-state index in [9.17, 15) is 14.7 Å². The molecule has 3 rings (SSSR count). The van der Waals surface area contributed by atoms with Gasteiger partial charge < -0.3 is 38.4 Å². The summed E-state index contributed by atoms with van der Waals surface area (Å²) in [6.45, 7) is 7.43. The minimum atomic E-state index is -1.18. The second-order valence-corrected chi connectivity index (χ2v) is 7.66. The second-order valence-electron chi connectivity index (χ2n) is 7.66. The quantitative estimate of drug-likeness (QED) is 0.698. The van der Waals surface area contributed by atoms with E-state index in [1.807, 2.05) is 20.8 Å². The van der Waals surface area contributed by atoms with Crippen LogP contribution in [-0.2, 0) is 33.3 Å². The number of aliphatic hydroxyl groups is 1. The van der Waals surface area contributed by atoms with Gasteiger partial charge in [-0.2, -0.15) is 0 Å². The monoisotopic (exact) mass is 358 g/mol. The lowest BCUT2D eigenvalue weighted by Gasteiger charge is -2.47. The zero-order valence-corrected chi connectivity index (χ0v) is 14.9. The van der Waals surface area contributed by atoms with Gasteiger partial charge in [0.25, 0.3) is 0 Å². The first-order chi connectivity index (χ1) is 11.8. The molecule has 0 bridgehead atoms. The molecule has 9 unspecified atom stereocenters. The number of aldehydes is 2. The SMILES string of the molecule is CC(C=O)C1OC2C(O)OC3COC(C(C)C(C)(C)C=O)OC3C2O1. The van der Waals surface area contributed by atoms with Gasteiger partial charge in [0, 0.05) is 11.3 Å². The third kappa shape index (κ3) is 3.39. The molecular weight excluding hydrogens is 332 g/mol. The fraction of sp³-hybridized carbons (Fsp3) is 0.882. The van der Waals surface area contributed by atoms with E-state index >= 15 is 0 Å². The lowest BCUT2D eigenvalue weighted by molar-refractivity contribution is -0.348. The Bertz CT molecular complexity index is 509. The van der Waals surface area contributed by atoms with E-state index in [0.29, 0.717) is 0 Å². The molecule has 8 nitrogen and oxygen atoms in total. The first kappa shape index (κ1) is 18.9. The van der Waals surface area contributed by atoms with Crippen LogP contribution in [0.1, 0.15) is 27.7 Å². The molecule has 142 valence electrons. The number of fused-ring (bicyclic) bond motifs is 3. The highest BCUT2D eigenvalue weighted by atomic mass is 16.8. The van der Waals surface area contributed by atoms with Gasteiger partial charge in [-0.15, -0.1) is 0 Å². The van der Waals surface area contributed by atoms with Crippen molar-refractivity contribution in [1.82, 2.24) is 0 Å². The molecule has 0 aromatic rings. The Balaban J connectivity index is 1.75. The summed E-state index contributed by atoms with van der Waals surface area (Å²) in [5.41, 5.74) is -0.618. The Hall–Kier alpha value is -0.900. The molecule has 0 aromatic heterocycles. The maximum atomic E-state index is 11.3. The maximum absolute atomic E-state index is 11.3. The molecular formula is C17H26O8. The summed E-state index contributed by atoms with van der Waals surface area (Å²) in [5, 5.41) is 10.2. The first-order valence-corrected chi connectivity index (χ1v) is 8.61. The van der Waals surface area contributed by atoms with Crippen LogP contribution in [-0.4, -0.2) is 67.6 Å². The van der Waals surface area contributed by atoms with Crippen LogP contribution in [0.15, 0.2) is 0 Å². The summed E-state index contributed by atoms with van der Waals surface area (Å²) in [6, 6.07) is 0. The molecule has 0 spiro atoms. The first-order valence-electron chi connectivity index (χ1n) is 8.61. The van der Waals surface area contributed by atoms with E-state index in [-0.39, 0.29) is 12.5 Å². The minimum Gasteiger partial charge on any atom is -0.366 e. The highest BCUT2D eigenvalue weighted by Crippen LogP contribution is 2.40. The highest BCUT2D eigenvalue weighted by molar-refractivity contribution is 5.58. The van der Waals surface area contributed by atoms with Crippen molar-refractivity contribution in [2.45, 2.75) is 71.0 Å². The molecule has 0 radical (unpaired) electrons. The van der Waals surface area contributed by atoms with E-state index < -0.39 is 54.6 Å². The van der Waals surface area contributed by atoms with Crippen LogP contribution in [0.2, 0.25) is 0 Å². The van der Waals surface area contributed by atoms with Crippen molar-refractivity contribution in [3.05, 3.63) is 0 Å². The number of rotatable bonds is 5. The lowest BCUT2D eigenvalue weighted by Crippen LogP contribution is -2.62. The molecule has 3 aliphatic heterocycles. The summed E-state index contributed by atoms with van der Waals surface area (Å²) >= 11 is 0. The van der Waals surface area contributed by atoms with E-state index in [1.54, 1.807) is 6.92 Å². The van der Waals surface area contributed by atoms with Crippen molar-refractivity contribution in [3.63, 3.8) is 0 Å². The third-order valence-corrected chi connectivity index (χ3v) is 5.44. The minimum absolute atomic E-state index is 0.191. The normalized spacial score (nSPS) is 43.6. The molecule has 25 heavy (non-hydrogen) atoms. The van der Waals surface area contributed by atoms with Gasteiger partial charge >= 0.3 is 0 Å². The lowest BCUT2D eigenvalue weighted by atomic mass is 9.80. The van der Waals surface area contributed by atoms with Crippen LogP contribution >= 0.6 is 0 Å². The Morgan fingerprint density at radius 2 is 1.64 bits per heavy atom. The molecule has 0 aromatic carbocycles. The molecule has 0 saturated carbocycles. The number of carbonyl (C=O) groups is 2. The van der Waals surface area contributed by atoms with Gasteiger partial charge in [0.15, 0.2) is 18.9 Å². The predicted molar refractivity (Wildman–Crippen MR) is 83.3 cm³/mol. The number of hydrogen-bond donors (Lipinski definition) is 1. The van der Waals surface area contributed by atoms with Gasteiger partial charge in [0.2, 0.25) is 0 Å². The van der Waals surface area contributed by atoms with Gasteiger partial charge in [-0.3, -0.25) is 0 Å². The molecule has 9 atom stereocenters. The van der Waals surface area contributed by atoms with Crippen LogP contribution in [0.25, 0.3) is 0 Å². The summed E-state index contributed by atoms with van der Waals surface area (Å²) in [6.07, 6.45) is -3.23. The van der Waals surface area contributed by atoms with Crippen molar-refractivity contribution < 1.29 is 38.4 Å². The summed E-state index contributed by atoms with van der Waals surface area (Å²) < 4.78 is 28.8. The standard InChI is InChI=1S/C17H26O8/c1-8(5-18)15-24-12-11-10(22-14(20)13(12)25-15)6-21-16(23-11)9(2)17(3,4)7-19/h5,7-16,20H,6H2,1-4H3. The smallest absolute Gasteiger partial charge is 0.184 e. The second kappa shape index (κ2) is 7.02. The number of ether oxygens (including phenoxy) is 5. The molecule has 8 heteroatoms. The zero-order valence-electron chi connectivity index (χ0n) is 14.9. The number of aliphatic hydroxyl groups excluding tert-OH is 1. The van der Waals surface area contributed by atoms with E-state index in [0.717, 1.165) is 12.6 Å². The van der Waals surface area contributed by atoms with Crippen molar-refractivity contribution >= 4 is 12.6 Å². The van der Waals surface area contributed by atoms with E-state index in [1.165, 1.54) is 0 Å². The fourth-order valence-corrected chi connectivity index (χ4v) is 3.25. The van der Waals surface area contributed by atoms with Crippen molar-refractivity contribution in [2.75, 3.05) is 6.61 Å². The molecule has 0 aliphatic carbocycles. The van der Waals surface area contributed by atoms with Gasteiger partial charge in [-0.1, -0.05) is 27.7 Å². The predicted octanol–water partition coefficient (Wildman–Crippen LogP) is 0.251. The largest absolute Gasteiger partial charge is 0.366 e. The van der Waals surface area contributed by atoms with Gasteiger partial charge in [0.05, 0.1) is 12.5 Å². The highest BCUT2D eigenvalue weighted by Gasteiger charge is 2.56. The zero-order chi connectivity index (χ0) is 18.4. The average molecular weight is 358 g/mol. The van der Waals surface area contributed by atoms with Crippen LogP contribution in [0.4, 0.5) is 0 Å². The third-order valence-electron chi connectivity index (χ3n) is 5.44. The van der Waals surface area contributed by atoms with Crippen LogP contribution in [0, 0.1) is 17.3 Å². The molecule has 3 heterocycles. The molecule has 3 saturated heterocycles.